The second-order valence-electron chi connectivity index (χ2n) is 8.54. The Balaban J connectivity index is 1.34. The number of rotatable bonds is 6. The molecule has 5 aromatic rings. The zero-order chi connectivity index (χ0) is 26.1. The minimum absolute atomic E-state index is 0.173. The number of nitrogens with zero attached hydrogens (tertiary/aromatic N) is 1. The highest BCUT2D eigenvalue weighted by Gasteiger charge is 2.29. The van der Waals surface area contributed by atoms with Crippen LogP contribution in [0.5, 0.6) is 17.2 Å². The van der Waals surface area contributed by atoms with E-state index >= 15 is 0 Å². The highest BCUT2D eigenvalue weighted by Crippen LogP contribution is 2.38. The fourth-order valence-corrected chi connectivity index (χ4v) is 4.33. The summed E-state index contributed by atoms with van der Waals surface area (Å²) in [5.74, 6) is 0.879. The molecule has 1 aliphatic rings. The van der Waals surface area contributed by atoms with E-state index in [0.29, 0.717) is 40.4 Å². The second-order valence-corrected chi connectivity index (χ2v) is 8.54. The van der Waals surface area contributed by atoms with Crippen LogP contribution in [-0.2, 0) is 0 Å². The van der Waals surface area contributed by atoms with Gasteiger partial charge in [-0.1, -0.05) is 36.4 Å². The van der Waals surface area contributed by atoms with Crippen LogP contribution in [0.1, 0.15) is 33.2 Å². The standard InChI is InChI=1S/C31H21NO6/c1-2-35-21-11-13-25-24(16-21)28(30(38-25)20-8-4-3-5-9-20)31(34)36-22-10-12-23-26(17-22)37-27(29(23)33)15-19-7-6-14-32-18-19/h3-18H,2H2,1H3. The zero-order valence-electron chi connectivity index (χ0n) is 20.3. The number of furan rings is 1. The van der Waals surface area contributed by atoms with Gasteiger partial charge in [0.25, 0.3) is 0 Å². The van der Waals surface area contributed by atoms with Gasteiger partial charge in [0.05, 0.1) is 12.2 Å². The van der Waals surface area contributed by atoms with E-state index in [2.05, 4.69) is 4.98 Å². The zero-order valence-corrected chi connectivity index (χ0v) is 20.3. The lowest BCUT2D eigenvalue weighted by atomic mass is 10.1. The Morgan fingerprint density at radius 1 is 0.974 bits per heavy atom. The molecule has 7 nitrogen and oxygen atoms in total. The Morgan fingerprint density at radius 3 is 2.61 bits per heavy atom. The summed E-state index contributed by atoms with van der Waals surface area (Å²) in [6.07, 6.45) is 4.91. The first-order valence-electron chi connectivity index (χ1n) is 12.1. The molecule has 7 heteroatoms. The van der Waals surface area contributed by atoms with E-state index in [1.165, 1.54) is 6.07 Å². The number of hydrogen-bond acceptors (Lipinski definition) is 7. The van der Waals surface area contributed by atoms with Crippen molar-refractivity contribution in [2.75, 3.05) is 6.61 Å². The van der Waals surface area contributed by atoms with Gasteiger partial charge in [-0.25, -0.2) is 4.79 Å². The van der Waals surface area contributed by atoms with Crippen LogP contribution < -0.4 is 14.2 Å². The van der Waals surface area contributed by atoms with Crippen molar-refractivity contribution in [3.05, 3.63) is 114 Å². The smallest absolute Gasteiger partial charge is 0.348 e. The molecule has 0 atom stereocenters. The summed E-state index contributed by atoms with van der Waals surface area (Å²) in [5.41, 5.74) is 2.68. The van der Waals surface area contributed by atoms with Crippen LogP contribution in [0.15, 0.2) is 101 Å². The molecule has 0 spiro atoms. The van der Waals surface area contributed by atoms with Crippen molar-refractivity contribution in [3.63, 3.8) is 0 Å². The van der Waals surface area contributed by atoms with Crippen LogP contribution in [0.25, 0.3) is 28.4 Å². The van der Waals surface area contributed by atoms with Gasteiger partial charge in [-0.15, -0.1) is 0 Å². The minimum atomic E-state index is -0.605. The van der Waals surface area contributed by atoms with Gasteiger partial charge in [-0.2, -0.15) is 0 Å². The molecule has 38 heavy (non-hydrogen) atoms. The normalized spacial score (nSPS) is 13.4. The molecule has 2 aromatic heterocycles. The van der Waals surface area contributed by atoms with E-state index in [9.17, 15) is 9.59 Å². The van der Waals surface area contributed by atoms with Crippen LogP contribution in [0.4, 0.5) is 0 Å². The Hall–Kier alpha value is -5.17. The summed E-state index contributed by atoms with van der Waals surface area (Å²) < 4.78 is 23.3. The highest BCUT2D eigenvalue weighted by atomic mass is 16.5. The first-order valence-corrected chi connectivity index (χ1v) is 12.1. The van der Waals surface area contributed by atoms with Crippen LogP contribution in [0.3, 0.4) is 0 Å². The van der Waals surface area contributed by atoms with Crippen molar-refractivity contribution in [1.82, 2.24) is 4.98 Å². The molecule has 0 fully saturated rings. The van der Waals surface area contributed by atoms with Crippen LogP contribution in [-0.4, -0.2) is 23.3 Å². The second kappa shape index (κ2) is 9.71. The predicted molar refractivity (Wildman–Crippen MR) is 141 cm³/mol. The number of Topliss-reactive ketones (excluding diaryl/α,β-unsaturated/α-hetero) is 1. The van der Waals surface area contributed by atoms with Gasteiger partial charge >= 0.3 is 5.97 Å². The molecule has 3 heterocycles. The number of ether oxygens (including phenoxy) is 3. The summed E-state index contributed by atoms with van der Waals surface area (Å²) in [4.78, 5) is 30.4. The largest absolute Gasteiger partial charge is 0.494 e. The Kier molecular flexibility index (Phi) is 5.94. The summed E-state index contributed by atoms with van der Waals surface area (Å²) in [6, 6.07) is 23.0. The quantitative estimate of drug-likeness (QED) is 0.144. The number of ketones is 1. The molecule has 0 saturated carbocycles. The number of aromatic nitrogens is 1. The fraction of sp³-hybridized carbons (Fsp3) is 0.0645. The fourth-order valence-electron chi connectivity index (χ4n) is 4.33. The Morgan fingerprint density at radius 2 is 1.82 bits per heavy atom. The maximum absolute atomic E-state index is 13.6. The van der Waals surface area contributed by atoms with Gasteiger partial charge in [0, 0.05) is 29.4 Å². The molecule has 186 valence electrons. The third-order valence-electron chi connectivity index (χ3n) is 6.04. The van der Waals surface area contributed by atoms with Crippen molar-refractivity contribution in [3.8, 4) is 28.6 Å². The number of benzene rings is 3. The number of pyridine rings is 1. The molecule has 0 N–H and O–H groups in total. The average molecular weight is 504 g/mol. The van der Waals surface area contributed by atoms with Gasteiger partial charge in [-0.05, 0) is 55.0 Å². The van der Waals surface area contributed by atoms with Gasteiger partial charge in [0.15, 0.2) is 5.76 Å². The lowest BCUT2D eigenvalue weighted by Gasteiger charge is -2.07. The number of fused-ring (bicyclic) bond motifs is 2. The van der Waals surface area contributed by atoms with Gasteiger partial charge < -0.3 is 18.6 Å². The monoisotopic (exact) mass is 503 g/mol. The van der Waals surface area contributed by atoms with Crippen LogP contribution >= 0.6 is 0 Å². The molecule has 3 aromatic carbocycles. The van der Waals surface area contributed by atoms with Crippen molar-refractivity contribution in [2.24, 2.45) is 0 Å². The third kappa shape index (κ3) is 4.30. The summed E-state index contributed by atoms with van der Waals surface area (Å²) >= 11 is 0. The van der Waals surface area contributed by atoms with Crippen molar-refractivity contribution >= 4 is 28.8 Å². The first-order chi connectivity index (χ1) is 18.6. The number of hydrogen-bond donors (Lipinski definition) is 0. The molecule has 0 amide bonds. The number of carbonyl (C=O) groups is 2. The number of carbonyl (C=O) groups excluding carboxylic acids is 2. The van der Waals surface area contributed by atoms with Crippen molar-refractivity contribution in [1.29, 1.82) is 0 Å². The topological polar surface area (TPSA) is 87.9 Å². The van der Waals surface area contributed by atoms with E-state index in [1.54, 1.807) is 54.9 Å². The van der Waals surface area contributed by atoms with Crippen LogP contribution in [0, 0.1) is 0 Å². The van der Waals surface area contributed by atoms with Crippen molar-refractivity contribution in [2.45, 2.75) is 6.92 Å². The molecule has 6 rings (SSSR count). The molecule has 1 aliphatic heterocycles. The maximum Gasteiger partial charge on any atom is 0.348 e. The molecule has 0 bridgehead atoms. The number of allylic oxidation sites excluding steroid dienone is 1. The molecule has 0 saturated heterocycles. The molecule has 0 radical (unpaired) electrons. The number of esters is 1. The summed E-state index contributed by atoms with van der Waals surface area (Å²) in [7, 11) is 0. The molecular formula is C31H21NO6. The van der Waals surface area contributed by atoms with Gasteiger partial charge in [-0.3, -0.25) is 9.78 Å². The van der Waals surface area contributed by atoms with Gasteiger partial charge in [0.1, 0.15) is 34.2 Å². The lowest BCUT2D eigenvalue weighted by molar-refractivity contribution is 0.0736. The van der Waals surface area contributed by atoms with E-state index in [0.717, 1.165) is 11.1 Å². The maximum atomic E-state index is 13.6. The summed E-state index contributed by atoms with van der Waals surface area (Å²) in [5, 5.41) is 0.578. The third-order valence-corrected chi connectivity index (χ3v) is 6.04. The average Bonchev–Trinajstić information content (AvgIpc) is 3.47. The lowest BCUT2D eigenvalue weighted by Crippen LogP contribution is -2.09. The SMILES string of the molecule is CCOc1ccc2oc(-c3ccccc3)c(C(=O)Oc3ccc4c(c3)OC(=Cc3cccnc3)C4=O)c2c1. The summed E-state index contributed by atoms with van der Waals surface area (Å²) in [6.45, 7) is 2.38. The minimum Gasteiger partial charge on any atom is -0.494 e. The Labute approximate surface area is 217 Å². The van der Waals surface area contributed by atoms with Crippen molar-refractivity contribution < 1.29 is 28.2 Å². The molecule has 0 aliphatic carbocycles. The van der Waals surface area contributed by atoms with Crippen LogP contribution in [0.2, 0.25) is 0 Å². The Bertz CT molecular complexity index is 1700. The first kappa shape index (κ1) is 23.2. The predicted octanol–water partition coefficient (Wildman–Crippen LogP) is 6.73. The van der Waals surface area contributed by atoms with E-state index in [4.69, 9.17) is 18.6 Å². The van der Waals surface area contributed by atoms with E-state index in [-0.39, 0.29) is 22.9 Å². The van der Waals surface area contributed by atoms with E-state index in [1.807, 2.05) is 43.3 Å². The van der Waals surface area contributed by atoms with Gasteiger partial charge in [0.2, 0.25) is 5.78 Å². The van der Waals surface area contributed by atoms with E-state index < -0.39 is 5.97 Å². The highest BCUT2D eigenvalue weighted by molar-refractivity contribution is 6.15. The molecule has 0 unspecified atom stereocenters. The molecular weight excluding hydrogens is 482 g/mol.